The fourth-order valence-corrected chi connectivity index (χ4v) is 3.59. The van der Waals surface area contributed by atoms with E-state index in [1.54, 1.807) is 6.20 Å². The maximum atomic E-state index is 4.60. The van der Waals surface area contributed by atoms with Gasteiger partial charge in [0.2, 0.25) is 0 Å². The molecule has 1 atom stereocenters. The fourth-order valence-electron chi connectivity index (χ4n) is 3.59. The predicted octanol–water partition coefficient (Wildman–Crippen LogP) is 1.88. The average Bonchev–Trinajstić information content (AvgIpc) is 3.22. The minimum Gasteiger partial charge on any atom is -0.340 e. The number of hydrogen-bond donors (Lipinski definition) is 1. The molecule has 4 heterocycles. The van der Waals surface area contributed by atoms with Gasteiger partial charge in [0, 0.05) is 50.8 Å². The van der Waals surface area contributed by atoms with Crippen LogP contribution in [0.15, 0.2) is 30.7 Å². The van der Waals surface area contributed by atoms with E-state index in [1.165, 1.54) is 0 Å². The van der Waals surface area contributed by atoms with Crippen molar-refractivity contribution in [2.75, 3.05) is 19.6 Å². The molecule has 25 heavy (non-hydrogen) atoms. The van der Waals surface area contributed by atoms with E-state index >= 15 is 0 Å². The molecule has 0 aromatic carbocycles. The second-order valence-electron chi connectivity index (χ2n) is 6.74. The van der Waals surface area contributed by atoms with Crippen LogP contribution in [0.1, 0.15) is 25.5 Å². The topological polar surface area (TPSA) is 65.9 Å². The molecule has 0 aliphatic carbocycles. The normalized spacial score (nSPS) is 19.7. The van der Waals surface area contributed by atoms with E-state index in [4.69, 9.17) is 0 Å². The minimum atomic E-state index is 0.498. The van der Waals surface area contributed by atoms with Gasteiger partial charge in [0.1, 0.15) is 11.6 Å². The highest BCUT2D eigenvalue weighted by Gasteiger charge is 2.25. The lowest BCUT2D eigenvalue weighted by Gasteiger charge is -2.39. The number of aromatic amines is 1. The Balaban J connectivity index is 1.37. The van der Waals surface area contributed by atoms with Crippen molar-refractivity contribution < 1.29 is 0 Å². The van der Waals surface area contributed by atoms with Crippen molar-refractivity contribution in [1.82, 2.24) is 34.3 Å². The number of pyridine rings is 1. The predicted molar refractivity (Wildman–Crippen MR) is 96.9 cm³/mol. The van der Waals surface area contributed by atoms with Crippen LogP contribution in [-0.2, 0) is 19.6 Å². The number of imidazole rings is 2. The van der Waals surface area contributed by atoms with Gasteiger partial charge in [-0.05, 0) is 26.0 Å². The molecule has 0 amide bonds. The lowest BCUT2D eigenvalue weighted by atomic mass is 10.2. The van der Waals surface area contributed by atoms with Gasteiger partial charge in [-0.25, -0.2) is 15.0 Å². The Morgan fingerprint density at radius 1 is 1.20 bits per heavy atom. The molecule has 3 aromatic heterocycles. The van der Waals surface area contributed by atoms with Gasteiger partial charge < -0.3 is 9.55 Å². The lowest BCUT2D eigenvalue weighted by Crippen LogP contribution is -2.51. The first-order valence-electron chi connectivity index (χ1n) is 8.99. The fraction of sp³-hybridized carbons (Fsp3) is 0.500. The Labute approximate surface area is 147 Å². The Kier molecular flexibility index (Phi) is 4.50. The average molecular weight is 339 g/mol. The Hall–Kier alpha value is -2.25. The van der Waals surface area contributed by atoms with E-state index in [9.17, 15) is 0 Å². The molecule has 1 unspecified atom stereocenters. The first-order valence-corrected chi connectivity index (χ1v) is 8.99. The van der Waals surface area contributed by atoms with Crippen molar-refractivity contribution >= 4 is 11.2 Å². The number of aryl methyl sites for hydroxylation is 1. The van der Waals surface area contributed by atoms with Crippen LogP contribution in [-0.4, -0.2) is 60.0 Å². The summed E-state index contributed by atoms with van der Waals surface area (Å²) in [5, 5.41) is 0. The zero-order valence-electron chi connectivity index (χ0n) is 14.9. The van der Waals surface area contributed by atoms with E-state index < -0.39 is 0 Å². The second kappa shape index (κ2) is 6.93. The van der Waals surface area contributed by atoms with Crippen molar-refractivity contribution in [3.8, 4) is 0 Å². The third-order valence-electron chi connectivity index (χ3n) is 5.02. The SMILES string of the molecule is CCn1ccnc1CN1CCN(Cc2nc3ncccc3[nH]2)CC1C. The monoisotopic (exact) mass is 339 g/mol. The van der Waals surface area contributed by atoms with E-state index in [1.807, 2.05) is 18.3 Å². The highest BCUT2D eigenvalue weighted by molar-refractivity contribution is 5.69. The summed E-state index contributed by atoms with van der Waals surface area (Å²) in [5.74, 6) is 2.15. The maximum absolute atomic E-state index is 4.60. The molecule has 1 saturated heterocycles. The van der Waals surface area contributed by atoms with Crippen molar-refractivity contribution in [3.05, 3.63) is 42.4 Å². The second-order valence-corrected chi connectivity index (χ2v) is 6.74. The van der Waals surface area contributed by atoms with Crippen LogP contribution in [0.2, 0.25) is 0 Å². The summed E-state index contributed by atoms with van der Waals surface area (Å²) in [6.45, 7) is 10.3. The quantitative estimate of drug-likeness (QED) is 0.769. The molecular formula is C18H25N7. The molecule has 1 aliphatic heterocycles. The maximum Gasteiger partial charge on any atom is 0.177 e. The van der Waals surface area contributed by atoms with Gasteiger partial charge in [-0.15, -0.1) is 0 Å². The molecule has 132 valence electrons. The summed E-state index contributed by atoms with van der Waals surface area (Å²) in [7, 11) is 0. The van der Waals surface area contributed by atoms with Crippen molar-refractivity contribution in [3.63, 3.8) is 0 Å². The van der Waals surface area contributed by atoms with Gasteiger partial charge >= 0.3 is 0 Å². The summed E-state index contributed by atoms with van der Waals surface area (Å²) in [5.41, 5.74) is 1.81. The lowest BCUT2D eigenvalue weighted by molar-refractivity contribution is 0.0692. The summed E-state index contributed by atoms with van der Waals surface area (Å²) >= 11 is 0. The number of aromatic nitrogens is 5. The number of fused-ring (bicyclic) bond motifs is 1. The number of nitrogens with one attached hydrogen (secondary N) is 1. The van der Waals surface area contributed by atoms with Gasteiger partial charge in [-0.3, -0.25) is 9.80 Å². The largest absolute Gasteiger partial charge is 0.340 e. The molecule has 7 nitrogen and oxygen atoms in total. The van der Waals surface area contributed by atoms with Crippen LogP contribution in [0.3, 0.4) is 0 Å². The van der Waals surface area contributed by atoms with Gasteiger partial charge in [0.25, 0.3) is 0 Å². The minimum absolute atomic E-state index is 0.498. The number of nitrogens with zero attached hydrogens (tertiary/aromatic N) is 6. The molecule has 0 radical (unpaired) electrons. The summed E-state index contributed by atoms with van der Waals surface area (Å²) in [4.78, 5) is 21.8. The van der Waals surface area contributed by atoms with Crippen LogP contribution >= 0.6 is 0 Å². The first kappa shape index (κ1) is 16.2. The molecule has 7 heteroatoms. The number of H-pyrrole nitrogens is 1. The van der Waals surface area contributed by atoms with Crippen LogP contribution in [0, 0.1) is 0 Å². The summed E-state index contributed by atoms with van der Waals surface area (Å²) < 4.78 is 2.22. The van der Waals surface area contributed by atoms with Crippen molar-refractivity contribution in [1.29, 1.82) is 0 Å². The van der Waals surface area contributed by atoms with Crippen molar-refractivity contribution in [2.24, 2.45) is 0 Å². The smallest absolute Gasteiger partial charge is 0.177 e. The third-order valence-corrected chi connectivity index (χ3v) is 5.02. The van der Waals surface area contributed by atoms with Gasteiger partial charge in [-0.2, -0.15) is 0 Å². The van der Waals surface area contributed by atoms with E-state index in [0.29, 0.717) is 6.04 Å². The highest BCUT2D eigenvalue weighted by Crippen LogP contribution is 2.16. The Morgan fingerprint density at radius 2 is 2.12 bits per heavy atom. The molecule has 0 bridgehead atoms. The van der Waals surface area contributed by atoms with E-state index in [2.05, 4.69) is 54.3 Å². The highest BCUT2D eigenvalue weighted by atomic mass is 15.3. The van der Waals surface area contributed by atoms with E-state index in [-0.39, 0.29) is 0 Å². The summed E-state index contributed by atoms with van der Waals surface area (Å²) in [6.07, 6.45) is 5.75. The number of hydrogen-bond acceptors (Lipinski definition) is 5. The molecule has 4 rings (SSSR count). The third kappa shape index (κ3) is 3.43. The van der Waals surface area contributed by atoms with Crippen LogP contribution in [0.4, 0.5) is 0 Å². The van der Waals surface area contributed by atoms with Gasteiger partial charge in [0.15, 0.2) is 5.65 Å². The van der Waals surface area contributed by atoms with Crippen LogP contribution in [0.5, 0.6) is 0 Å². The van der Waals surface area contributed by atoms with E-state index in [0.717, 1.165) is 62.1 Å². The molecule has 1 fully saturated rings. The van der Waals surface area contributed by atoms with Crippen LogP contribution < -0.4 is 0 Å². The Morgan fingerprint density at radius 3 is 2.92 bits per heavy atom. The van der Waals surface area contributed by atoms with Gasteiger partial charge in [-0.1, -0.05) is 0 Å². The number of rotatable bonds is 5. The zero-order valence-corrected chi connectivity index (χ0v) is 14.9. The number of piperazine rings is 1. The van der Waals surface area contributed by atoms with Crippen molar-refractivity contribution in [2.45, 2.75) is 39.5 Å². The zero-order chi connectivity index (χ0) is 17.2. The summed E-state index contributed by atoms with van der Waals surface area (Å²) in [6, 6.07) is 4.46. The molecule has 3 aromatic rings. The Bertz CT molecular complexity index is 804. The molecule has 0 spiro atoms. The standard InChI is InChI=1S/C18H25N7/c1-3-24-8-7-19-17(24)13-25-10-9-23(11-14(25)2)12-16-21-15-5-4-6-20-18(15)22-16/h4-8,14H,3,9-13H2,1-2H3,(H,20,21,22). The molecular weight excluding hydrogens is 314 g/mol. The molecule has 1 aliphatic rings. The van der Waals surface area contributed by atoms with Crippen LogP contribution in [0.25, 0.3) is 11.2 Å². The first-order chi connectivity index (χ1) is 12.2. The molecule has 0 saturated carbocycles. The van der Waals surface area contributed by atoms with Gasteiger partial charge in [0.05, 0.1) is 18.6 Å². The molecule has 1 N–H and O–H groups in total.